The van der Waals surface area contributed by atoms with Crippen molar-refractivity contribution in [1.82, 2.24) is 0 Å². The van der Waals surface area contributed by atoms with Crippen LogP contribution in [0.4, 0.5) is 0 Å². The summed E-state index contributed by atoms with van der Waals surface area (Å²) in [5, 5.41) is 8.73. The zero-order valence-electron chi connectivity index (χ0n) is 15.8. The average molecular weight is 454 g/mol. The maximum Gasteiger partial charge on any atom is 2.00 e. The fourth-order valence-corrected chi connectivity index (χ4v) is 2.64. The molecule has 0 unspecified atom stereocenters. The van der Waals surface area contributed by atoms with Crippen molar-refractivity contribution in [3.05, 3.63) is 123 Å². The Kier molecular flexibility index (Phi) is 13.8. The van der Waals surface area contributed by atoms with Gasteiger partial charge in [-0.25, -0.2) is 4.79 Å². The fourth-order valence-electron chi connectivity index (χ4n) is 2.32. The minimum absolute atomic E-state index is 0. The summed E-state index contributed by atoms with van der Waals surface area (Å²) < 4.78 is 0. The van der Waals surface area contributed by atoms with E-state index < -0.39 is 5.97 Å². The van der Waals surface area contributed by atoms with Crippen LogP contribution >= 0.6 is 25.3 Å². The molecule has 1 N–H and O–H groups in total. The van der Waals surface area contributed by atoms with E-state index in [4.69, 9.17) is 5.11 Å². The van der Waals surface area contributed by atoms with Crippen LogP contribution in [-0.2, 0) is 28.1 Å². The molecule has 0 aromatic heterocycles. The van der Waals surface area contributed by atoms with Gasteiger partial charge >= 0.3 is 27.7 Å². The molecule has 0 heterocycles. The third kappa shape index (κ3) is 10.8. The number of rotatable bonds is 3. The monoisotopic (exact) mass is 454 g/mol. The van der Waals surface area contributed by atoms with Crippen molar-refractivity contribution < 1.29 is 31.6 Å². The Morgan fingerprint density at radius 1 is 0.724 bits per heavy atom. The number of aromatic carboxylic acids is 1. The van der Waals surface area contributed by atoms with E-state index in [0.717, 1.165) is 21.8 Å². The van der Waals surface area contributed by atoms with Gasteiger partial charge in [-0.1, -0.05) is 24.3 Å². The quantitative estimate of drug-likeness (QED) is 0.416. The maximum absolute atomic E-state index is 10.6. The summed E-state index contributed by atoms with van der Waals surface area (Å²) in [5.74, 6) is 0.368. The first-order valence-electron chi connectivity index (χ1n) is 8.72. The first kappa shape index (κ1) is 26.4. The van der Waals surface area contributed by atoms with Crippen LogP contribution < -0.4 is 0 Å². The van der Waals surface area contributed by atoms with Crippen LogP contribution in [0.5, 0.6) is 0 Å². The van der Waals surface area contributed by atoms with Gasteiger partial charge in [0.05, 0.1) is 5.56 Å². The number of carboxylic acids is 1. The molecule has 2 aromatic rings. The molecular formula is C24H22O2S2Ti+2. The van der Waals surface area contributed by atoms with Crippen molar-refractivity contribution in [3.8, 4) is 0 Å². The Bertz CT molecular complexity index is 680. The molecule has 144 valence electrons. The molecule has 0 saturated heterocycles. The predicted molar refractivity (Wildman–Crippen MR) is 120 cm³/mol. The van der Waals surface area contributed by atoms with Gasteiger partial charge in [0.1, 0.15) is 0 Å². The molecule has 2 aliphatic carbocycles. The van der Waals surface area contributed by atoms with E-state index in [1.807, 2.05) is 81.3 Å². The maximum atomic E-state index is 10.6. The van der Waals surface area contributed by atoms with Gasteiger partial charge in [0.25, 0.3) is 0 Å². The molecule has 2 fully saturated rings. The molecule has 2 saturated carbocycles. The van der Waals surface area contributed by atoms with Crippen molar-refractivity contribution in [1.29, 1.82) is 0 Å². The van der Waals surface area contributed by atoms with Gasteiger partial charge in [0.2, 0.25) is 0 Å². The second kappa shape index (κ2) is 15.2. The SMILES string of the molecule is O=C(O)c1ccc(C[C]2[CH][CH][CH][CH]2)cc1.Sc1ccccc1S.[CH]1[CH][CH][CH][CH]1.[Ti+2]. The van der Waals surface area contributed by atoms with E-state index in [9.17, 15) is 4.79 Å². The summed E-state index contributed by atoms with van der Waals surface area (Å²) >= 11 is 8.24. The molecule has 0 aliphatic heterocycles. The van der Waals surface area contributed by atoms with Crippen molar-refractivity contribution in [2.24, 2.45) is 0 Å². The summed E-state index contributed by atoms with van der Waals surface area (Å²) in [4.78, 5) is 12.5. The number of carbonyl (C=O) groups is 1. The fraction of sp³-hybridized carbons (Fsp3) is 0.0417. The minimum Gasteiger partial charge on any atom is -0.478 e. The van der Waals surface area contributed by atoms with Crippen LogP contribution in [-0.4, -0.2) is 11.1 Å². The van der Waals surface area contributed by atoms with E-state index in [2.05, 4.69) is 38.1 Å². The summed E-state index contributed by atoms with van der Waals surface area (Å²) in [6.07, 6.45) is 19.0. The topological polar surface area (TPSA) is 37.3 Å². The number of benzene rings is 2. The molecule has 29 heavy (non-hydrogen) atoms. The molecule has 0 amide bonds. The first-order chi connectivity index (χ1) is 13.6. The van der Waals surface area contributed by atoms with Crippen LogP contribution in [0.3, 0.4) is 0 Å². The van der Waals surface area contributed by atoms with Crippen LogP contribution in [0, 0.1) is 63.7 Å². The van der Waals surface area contributed by atoms with Crippen molar-refractivity contribution in [2.75, 3.05) is 0 Å². The molecule has 10 radical (unpaired) electrons. The summed E-state index contributed by atoms with van der Waals surface area (Å²) in [5.41, 5.74) is 1.47. The molecule has 2 aliphatic rings. The van der Waals surface area contributed by atoms with Gasteiger partial charge in [-0.15, -0.1) is 25.3 Å². The van der Waals surface area contributed by atoms with Gasteiger partial charge in [0, 0.05) is 9.79 Å². The van der Waals surface area contributed by atoms with Gasteiger partial charge in [-0.05, 0) is 100.0 Å². The van der Waals surface area contributed by atoms with E-state index >= 15 is 0 Å². The van der Waals surface area contributed by atoms with Gasteiger partial charge in [-0.2, -0.15) is 0 Å². The Balaban J connectivity index is 0.000000251. The van der Waals surface area contributed by atoms with Crippen molar-refractivity contribution in [3.63, 3.8) is 0 Å². The third-order valence-electron chi connectivity index (χ3n) is 3.78. The average Bonchev–Trinajstić information content (AvgIpc) is 3.42. The molecule has 5 heteroatoms. The molecule has 2 nitrogen and oxygen atoms in total. The molecule has 0 spiro atoms. The predicted octanol–water partition coefficient (Wildman–Crippen LogP) is 5.62. The molecule has 0 bridgehead atoms. The normalized spacial score (nSPS) is 15.4. The Morgan fingerprint density at radius 2 is 1.17 bits per heavy atom. The zero-order chi connectivity index (χ0) is 20.2. The van der Waals surface area contributed by atoms with E-state index in [0.29, 0.717) is 5.56 Å². The Labute approximate surface area is 201 Å². The summed E-state index contributed by atoms with van der Waals surface area (Å²) in [6.45, 7) is 0. The van der Waals surface area contributed by atoms with Crippen LogP contribution in [0.25, 0.3) is 0 Å². The number of carboxylic acid groups (broad SMARTS) is 1. The van der Waals surface area contributed by atoms with E-state index in [1.165, 1.54) is 5.92 Å². The van der Waals surface area contributed by atoms with Crippen molar-refractivity contribution >= 4 is 31.2 Å². The van der Waals surface area contributed by atoms with Crippen LogP contribution in [0.1, 0.15) is 15.9 Å². The second-order valence-corrected chi connectivity index (χ2v) is 6.89. The van der Waals surface area contributed by atoms with E-state index in [-0.39, 0.29) is 21.7 Å². The second-order valence-electron chi connectivity index (χ2n) is 5.92. The summed E-state index contributed by atoms with van der Waals surface area (Å²) in [7, 11) is 0. The molecule has 0 atom stereocenters. The van der Waals surface area contributed by atoms with Gasteiger partial charge < -0.3 is 5.11 Å². The number of thiol groups is 2. The number of hydrogen-bond acceptors (Lipinski definition) is 3. The molecule has 4 rings (SSSR count). The van der Waals surface area contributed by atoms with Gasteiger partial charge in [0.15, 0.2) is 0 Å². The summed E-state index contributed by atoms with van der Waals surface area (Å²) in [6, 6.07) is 14.7. The minimum atomic E-state index is -0.880. The van der Waals surface area contributed by atoms with E-state index in [1.54, 1.807) is 12.1 Å². The Hall–Kier alpha value is -0.676. The van der Waals surface area contributed by atoms with Crippen LogP contribution in [0.2, 0.25) is 0 Å². The Morgan fingerprint density at radius 3 is 1.55 bits per heavy atom. The third-order valence-corrected chi connectivity index (χ3v) is 4.73. The van der Waals surface area contributed by atoms with Gasteiger partial charge in [-0.3, -0.25) is 0 Å². The van der Waals surface area contributed by atoms with Crippen LogP contribution in [0.15, 0.2) is 58.3 Å². The molecule has 2 aromatic carbocycles. The first-order valence-corrected chi connectivity index (χ1v) is 9.62. The zero-order valence-corrected chi connectivity index (χ0v) is 19.1. The smallest absolute Gasteiger partial charge is 0.478 e. The molecular weight excluding hydrogens is 432 g/mol. The largest absolute Gasteiger partial charge is 2.00 e. The standard InChI is InChI=1S/C13H11O2.C6H6S2.C5H5.Ti/c14-13(15)12-7-5-11(6-8-12)9-10-3-1-2-4-10;7-5-3-1-2-4-6(5)8;1-2-4-5-3-1;/h1-8H,9H2,(H,14,15);1-4,7-8H;1-5H;/q;;;+2. The van der Waals surface area contributed by atoms with Crippen molar-refractivity contribution in [2.45, 2.75) is 16.2 Å². The number of hydrogen-bond donors (Lipinski definition) is 3.